The van der Waals surface area contributed by atoms with Gasteiger partial charge in [0.1, 0.15) is 5.75 Å². The van der Waals surface area contributed by atoms with E-state index >= 15 is 0 Å². The molecule has 1 amide bonds. The zero-order chi connectivity index (χ0) is 17.6. The molecule has 0 aliphatic rings. The molecule has 0 aliphatic carbocycles. The lowest BCUT2D eigenvalue weighted by Gasteiger charge is -2.07. The van der Waals surface area contributed by atoms with Crippen LogP contribution in [-0.4, -0.2) is 23.8 Å². The van der Waals surface area contributed by atoms with Gasteiger partial charge in [-0.3, -0.25) is 4.79 Å². The van der Waals surface area contributed by atoms with Gasteiger partial charge in [-0.15, -0.1) is 0 Å². The molecule has 0 fully saturated rings. The Balaban J connectivity index is 1.69. The van der Waals surface area contributed by atoms with Gasteiger partial charge in [0, 0.05) is 28.1 Å². The molecule has 126 valence electrons. The summed E-state index contributed by atoms with van der Waals surface area (Å²) < 4.78 is 7.98. The van der Waals surface area contributed by atoms with E-state index in [1.807, 2.05) is 59.4 Å². The molecule has 0 saturated heterocycles. The second-order valence-corrected chi connectivity index (χ2v) is 6.15. The Morgan fingerprint density at radius 1 is 1.20 bits per heavy atom. The second-order valence-electron chi connectivity index (χ2n) is 5.23. The molecule has 0 aliphatic heterocycles. The van der Waals surface area contributed by atoms with Crippen LogP contribution in [0.3, 0.4) is 0 Å². The number of carbonyl (C=O) groups excluding carboxylic acids is 1. The Morgan fingerprint density at radius 3 is 2.76 bits per heavy atom. The van der Waals surface area contributed by atoms with Crippen molar-refractivity contribution in [1.29, 1.82) is 0 Å². The van der Waals surface area contributed by atoms with E-state index in [4.69, 9.17) is 4.74 Å². The maximum atomic E-state index is 12.3. The number of halogens is 1. The number of hydrazone groups is 1. The van der Waals surface area contributed by atoms with Crippen molar-refractivity contribution in [3.63, 3.8) is 0 Å². The van der Waals surface area contributed by atoms with Crippen LogP contribution in [0.2, 0.25) is 0 Å². The highest BCUT2D eigenvalue weighted by atomic mass is 79.9. The Morgan fingerprint density at radius 2 is 2.00 bits per heavy atom. The van der Waals surface area contributed by atoms with Gasteiger partial charge in [-0.05, 0) is 36.4 Å². The van der Waals surface area contributed by atoms with E-state index in [9.17, 15) is 4.79 Å². The van der Waals surface area contributed by atoms with E-state index in [0.717, 1.165) is 15.7 Å². The summed E-state index contributed by atoms with van der Waals surface area (Å²) in [7, 11) is 1.52. The zero-order valence-corrected chi connectivity index (χ0v) is 15.1. The first kappa shape index (κ1) is 17.0. The fraction of sp³-hybridized carbons (Fsp3) is 0.0526. The van der Waals surface area contributed by atoms with Gasteiger partial charge in [0.05, 0.1) is 18.9 Å². The summed E-state index contributed by atoms with van der Waals surface area (Å²) in [6, 6.07) is 17.1. The fourth-order valence-corrected chi connectivity index (χ4v) is 2.69. The van der Waals surface area contributed by atoms with E-state index in [2.05, 4.69) is 26.5 Å². The number of nitrogens with one attached hydrogen (secondary N) is 1. The van der Waals surface area contributed by atoms with Crippen LogP contribution in [0.15, 0.2) is 76.6 Å². The lowest BCUT2D eigenvalue weighted by Crippen LogP contribution is -2.18. The number of para-hydroxylation sites is 1. The van der Waals surface area contributed by atoms with Gasteiger partial charge in [0.15, 0.2) is 0 Å². The molecular weight excluding hydrogens is 382 g/mol. The third-order valence-electron chi connectivity index (χ3n) is 3.56. The number of nitrogens with zero attached hydrogens (tertiary/aromatic N) is 2. The maximum Gasteiger partial charge on any atom is 0.275 e. The Labute approximate surface area is 154 Å². The molecule has 0 bridgehead atoms. The van der Waals surface area contributed by atoms with Crippen molar-refractivity contribution in [3.05, 3.63) is 82.6 Å². The van der Waals surface area contributed by atoms with Gasteiger partial charge in [-0.1, -0.05) is 34.1 Å². The number of rotatable bonds is 5. The van der Waals surface area contributed by atoms with Crippen molar-refractivity contribution >= 4 is 28.1 Å². The molecule has 1 heterocycles. The van der Waals surface area contributed by atoms with E-state index in [1.54, 1.807) is 18.3 Å². The van der Waals surface area contributed by atoms with Gasteiger partial charge in [-0.25, -0.2) is 5.43 Å². The first-order valence-electron chi connectivity index (χ1n) is 7.58. The molecule has 25 heavy (non-hydrogen) atoms. The Bertz CT molecular complexity index is 904. The van der Waals surface area contributed by atoms with Crippen molar-refractivity contribution in [1.82, 2.24) is 9.99 Å². The highest BCUT2D eigenvalue weighted by molar-refractivity contribution is 9.10. The highest BCUT2D eigenvalue weighted by Crippen LogP contribution is 2.22. The summed E-state index contributed by atoms with van der Waals surface area (Å²) >= 11 is 3.35. The van der Waals surface area contributed by atoms with Crippen LogP contribution >= 0.6 is 15.9 Å². The number of hydrogen-bond donors (Lipinski definition) is 1. The standard InChI is InChI=1S/C19H16BrN3O2/c1-25-18-8-7-15(20)11-17(18)19(24)22-21-12-14-9-10-23(13-14)16-5-3-2-4-6-16/h2-13H,1H3,(H,22,24)/b21-12-. The maximum absolute atomic E-state index is 12.3. The highest BCUT2D eigenvalue weighted by Gasteiger charge is 2.11. The normalized spacial score (nSPS) is 10.8. The summed E-state index contributed by atoms with van der Waals surface area (Å²) in [5.74, 6) is 0.156. The second kappa shape index (κ2) is 7.81. The molecule has 6 heteroatoms. The number of aromatic nitrogens is 1. The number of ether oxygens (including phenoxy) is 1. The number of amides is 1. The molecule has 5 nitrogen and oxygen atoms in total. The molecule has 1 aromatic heterocycles. The molecule has 3 aromatic rings. The first-order valence-corrected chi connectivity index (χ1v) is 8.37. The van der Waals surface area contributed by atoms with E-state index in [-0.39, 0.29) is 5.91 Å². The van der Waals surface area contributed by atoms with Gasteiger partial charge in [-0.2, -0.15) is 5.10 Å². The topological polar surface area (TPSA) is 55.6 Å². The van der Waals surface area contributed by atoms with E-state index in [0.29, 0.717) is 11.3 Å². The monoisotopic (exact) mass is 397 g/mol. The average Bonchev–Trinajstić information content (AvgIpc) is 3.11. The van der Waals surface area contributed by atoms with Crippen LogP contribution in [-0.2, 0) is 0 Å². The SMILES string of the molecule is COc1ccc(Br)cc1C(=O)N/N=C\c1ccn(-c2ccccc2)c1. The van der Waals surface area contributed by atoms with Crippen LogP contribution in [0, 0.1) is 0 Å². The molecule has 3 rings (SSSR count). The first-order chi connectivity index (χ1) is 12.2. The quantitative estimate of drug-likeness (QED) is 0.522. The average molecular weight is 398 g/mol. The number of hydrogen-bond acceptors (Lipinski definition) is 3. The largest absolute Gasteiger partial charge is 0.496 e. The summed E-state index contributed by atoms with van der Waals surface area (Å²) in [4.78, 5) is 12.3. The Hall–Kier alpha value is -2.86. The number of benzene rings is 2. The van der Waals surface area contributed by atoms with Crippen LogP contribution in [0.5, 0.6) is 5.75 Å². The lowest BCUT2D eigenvalue weighted by molar-refractivity contribution is 0.0952. The van der Waals surface area contributed by atoms with Crippen LogP contribution in [0.4, 0.5) is 0 Å². The summed E-state index contributed by atoms with van der Waals surface area (Å²) in [6.07, 6.45) is 5.47. The van der Waals surface area contributed by atoms with Crippen molar-refractivity contribution < 1.29 is 9.53 Å². The van der Waals surface area contributed by atoms with Gasteiger partial charge < -0.3 is 9.30 Å². The molecule has 2 aromatic carbocycles. The van der Waals surface area contributed by atoms with Crippen molar-refractivity contribution in [2.45, 2.75) is 0 Å². The van der Waals surface area contributed by atoms with E-state index < -0.39 is 0 Å². The molecule has 0 radical (unpaired) electrons. The molecule has 1 N–H and O–H groups in total. The minimum absolute atomic E-state index is 0.336. The van der Waals surface area contributed by atoms with Crippen molar-refractivity contribution in [2.24, 2.45) is 5.10 Å². The third kappa shape index (κ3) is 4.16. The Kier molecular flexibility index (Phi) is 5.30. The summed E-state index contributed by atoms with van der Waals surface area (Å²) in [6.45, 7) is 0. The van der Waals surface area contributed by atoms with Crippen LogP contribution in [0.1, 0.15) is 15.9 Å². The molecule has 0 saturated carbocycles. The minimum Gasteiger partial charge on any atom is -0.496 e. The molecule has 0 unspecified atom stereocenters. The van der Waals surface area contributed by atoms with Gasteiger partial charge in [0.2, 0.25) is 0 Å². The lowest BCUT2D eigenvalue weighted by atomic mass is 10.2. The smallest absolute Gasteiger partial charge is 0.275 e. The number of carbonyl (C=O) groups is 1. The number of methoxy groups -OCH3 is 1. The predicted molar refractivity (Wildman–Crippen MR) is 102 cm³/mol. The van der Waals surface area contributed by atoms with Gasteiger partial charge >= 0.3 is 0 Å². The summed E-state index contributed by atoms with van der Waals surface area (Å²) in [5.41, 5.74) is 4.87. The minimum atomic E-state index is -0.336. The van der Waals surface area contributed by atoms with Gasteiger partial charge in [0.25, 0.3) is 5.91 Å². The van der Waals surface area contributed by atoms with Crippen molar-refractivity contribution in [3.8, 4) is 11.4 Å². The van der Waals surface area contributed by atoms with Crippen LogP contribution < -0.4 is 10.2 Å². The fourth-order valence-electron chi connectivity index (χ4n) is 2.33. The van der Waals surface area contributed by atoms with Crippen molar-refractivity contribution in [2.75, 3.05) is 7.11 Å². The van der Waals surface area contributed by atoms with E-state index in [1.165, 1.54) is 7.11 Å². The summed E-state index contributed by atoms with van der Waals surface area (Å²) in [5, 5.41) is 4.02. The van der Waals surface area contributed by atoms with Crippen LogP contribution in [0.25, 0.3) is 5.69 Å². The third-order valence-corrected chi connectivity index (χ3v) is 4.05. The molecular formula is C19H16BrN3O2. The molecule has 0 spiro atoms. The molecule has 0 atom stereocenters. The predicted octanol–water partition coefficient (Wildman–Crippen LogP) is 4.01. The zero-order valence-electron chi connectivity index (χ0n) is 13.5.